The van der Waals surface area contributed by atoms with Crippen molar-refractivity contribution in [3.63, 3.8) is 0 Å². The zero-order valence-electron chi connectivity index (χ0n) is 9.88. The van der Waals surface area contributed by atoms with E-state index in [1.54, 1.807) is 6.92 Å². The van der Waals surface area contributed by atoms with Crippen molar-refractivity contribution in [1.82, 2.24) is 9.29 Å². The van der Waals surface area contributed by atoms with Gasteiger partial charge in [0.25, 0.3) is 10.0 Å². The fourth-order valence-corrected chi connectivity index (χ4v) is 4.91. The molecule has 0 aliphatic carbocycles. The van der Waals surface area contributed by atoms with E-state index in [1.165, 1.54) is 4.31 Å². The van der Waals surface area contributed by atoms with Crippen molar-refractivity contribution < 1.29 is 13.2 Å². The molecule has 0 saturated carbocycles. The molecule has 18 heavy (non-hydrogen) atoms. The van der Waals surface area contributed by atoms with E-state index in [9.17, 15) is 18.0 Å². The Morgan fingerprint density at radius 3 is 2.44 bits per heavy atom. The SMILES string of the molecule is Cc1[nH]c(=O)sc1S(=O)(=O)N1CCC(C=O)CC1. The van der Waals surface area contributed by atoms with Gasteiger partial charge >= 0.3 is 4.87 Å². The quantitative estimate of drug-likeness (QED) is 0.813. The molecular formula is C10H14N2O4S2. The molecule has 0 bridgehead atoms. The first-order valence-corrected chi connectivity index (χ1v) is 7.86. The molecule has 0 amide bonds. The minimum absolute atomic E-state index is 0.0532. The molecule has 0 radical (unpaired) electrons. The van der Waals surface area contributed by atoms with Crippen LogP contribution in [0, 0.1) is 12.8 Å². The Morgan fingerprint density at radius 2 is 2.00 bits per heavy atom. The maximum atomic E-state index is 12.3. The second-order valence-corrected chi connectivity index (χ2v) is 7.42. The van der Waals surface area contributed by atoms with Crippen molar-refractivity contribution in [3.8, 4) is 0 Å². The fourth-order valence-electron chi connectivity index (χ4n) is 2.01. The van der Waals surface area contributed by atoms with E-state index >= 15 is 0 Å². The highest BCUT2D eigenvalue weighted by atomic mass is 32.2. The topological polar surface area (TPSA) is 87.3 Å². The number of aryl methyl sites for hydroxylation is 1. The number of hydrogen-bond donors (Lipinski definition) is 1. The number of carbonyl (C=O) groups excluding carboxylic acids is 1. The van der Waals surface area contributed by atoms with Crippen molar-refractivity contribution >= 4 is 27.6 Å². The van der Waals surface area contributed by atoms with Gasteiger partial charge in [0.1, 0.15) is 6.29 Å². The smallest absolute Gasteiger partial charge is 0.305 e. The van der Waals surface area contributed by atoms with E-state index in [1.807, 2.05) is 0 Å². The molecular weight excluding hydrogens is 276 g/mol. The molecule has 8 heteroatoms. The van der Waals surface area contributed by atoms with E-state index in [0.29, 0.717) is 43.0 Å². The Morgan fingerprint density at radius 1 is 1.39 bits per heavy atom. The van der Waals surface area contributed by atoms with Crippen molar-refractivity contribution in [2.45, 2.75) is 24.0 Å². The number of nitrogens with zero attached hydrogens (tertiary/aromatic N) is 1. The number of sulfonamides is 1. The fraction of sp³-hybridized carbons (Fsp3) is 0.600. The first-order chi connectivity index (χ1) is 8.45. The van der Waals surface area contributed by atoms with Crippen LogP contribution in [0.15, 0.2) is 9.00 Å². The van der Waals surface area contributed by atoms with E-state index in [0.717, 1.165) is 6.29 Å². The Kier molecular flexibility index (Phi) is 3.69. The molecule has 1 aromatic heterocycles. The van der Waals surface area contributed by atoms with Crippen molar-refractivity contribution in [2.24, 2.45) is 5.92 Å². The first-order valence-electron chi connectivity index (χ1n) is 5.60. The van der Waals surface area contributed by atoms with Crippen molar-refractivity contribution in [3.05, 3.63) is 15.4 Å². The average Bonchev–Trinajstić information content (AvgIpc) is 2.69. The summed E-state index contributed by atoms with van der Waals surface area (Å²) in [6, 6.07) is 0. The summed E-state index contributed by atoms with van der Waals surface area (Å²) < 4.78 is 26.0. The molecule has 0 atom stereocenters. The predicted octanol–water partition coefficient (Wildman–Crippen LogP) is 0.344. The van der Waals surface area contributed by atoms with Crippen LogP contribution in [-0.2, 0) is 14.8 Å². The van der Waals surface area contributed by atoms with Crippen molar-refractivity contribution in [1.29, 1.82) is 0 Å². The molecule has 0 unspecified atom stereocenters. The third-order valence-electron chi connectivity index (χ3n) is 3.05. The summed E-state index contributed by atoms with van der Waals surface area (Å²) in [4.78, 5) is 23.9. The normalized spacial score (nSPS) is 18.9. The highest BCUT2D eigenvalue weighted by Crippen LogP contribution is 2.25. The molecule has 1 fully saturated rings. The zero-order valence-corrected chi connectivity index (χ0v) is 11.5. The van der Waals surface area contributed by atoms with Crippen LogP contribution in [0.4, 0.5) is 0 Å². The number of rotatable bonds is 3. The summed E-state index contributed by atoms with van der Waals surface area (Å²) in [5.74, 6) is -0.0532. The summed E-state index contributed by atoms with van der Waals surface area (Å²) in [5.41, 5.74) is 0.377. The number of thiazole rings is 1. The summed E-state index contributed by atoms with van der Waals surface area (Å²) in [5, 5.41) is 0. The molecule has 0 aromatic carbocycles. The van der Waals surface area contributed by atoms with Gasteiger partial charge in [-0.15, -0.1) is 0 Å². The van der Waals surface area contributed by atoms with Crippen LogP contribution in [0.2, 0.25) is 0 Å². The molecule has 2 rings (SSSR count). The Balaban J connectivity index is 2.25. The van der Waals surface area contributed by atoms with Crippen molar-refractivity contribution in [2.75, 3.05) is 13.1 Å². The minimum Gasteiger partial charge on any atom is -0.315 e. The molecule has 0 spiro atoms. The first kappa shape index (κ1) is 13.4. The van der Waals surface area contributed by atoms with Gasteiger partial charge < -0.3 is 9.78 Å². The van der Waals surface area contributed by atoms with Gasteiger partial charge in [-0.05, 0) is 19.8 Å². The summed E-state index contributed by atoms with van der Waals surface area (Å²) >= 11 is 0.711. The lowest BCUT2D eigenvalue weighted by Gasteiger charge is -2.28. The molecule has 6 nitrogen and oxygen atoms in total. The average molecular weight is 290 g/mol. The van der Waals surface area contributed by atoms with E-state index in [-0.39, 0.29) is 15.0 Å². The lowest BCUT2D eigenvalue weighted by Crippen LogP contribution is -2.38. The second kappa shape index (κ2) is 4.94. The number of aromatic nitrogens is 1. The Hall–Kier alpha value is -0.990. The molecule has 2 heterocycles. The van der Waals surface area contributed by atoms with Gasteiger partial charge in [-0.2, -0.15) is 4.31 Å². The van der Waals surface area contributed by atoms with Crippen LogP contribution in [0.3, 0.4) is 0 Å². The van der Waals surface area contributed by atoms with Crippen LogP contribution in [0.25, 0.3) is 0 Å². The number of H-pyrrole nitrogens is 1. The van der Waals surface area contributed by atoms with Crippen LogP contribution in [0.1, 0.15) is 18.5 Å². The number of hydrogen-bond acceptors (Lipinski definition) is 5. The summed E-state index contributed by atoms with van der Waals surface area (Å²) in [6.07, 6.45) is 1.96. The molecule has 1 N–H and O–H groups in total. The maximum absolute atomic E-state index is 12.3. The van der Waals surface area contributed by atoms with Crippen LogP contribution in [0.5, 0.6) is 0 Å². The van der Waals surface area contributed by atoms with E-state index in [4.69, 9.17) is 0 Å². The van der Waals surface area contributed by atoms with Crippen LogP contribution < -0.4 is 4.87 Å². The largest absolute Gasteiger partial charge is 0.315 e. The minimum atomic E-state index is -3.60. The summed E-state index contributed by atoms with van der Waals surface area (Å²) in [6.45, 7) is 2.23. The highest BCUT2D eigenvalue weighted by molar-refractivity contribution is 7.91. The highest BCUT2D eigenvalue weighted by Gasteiger charge is 2.31. The van der Waals surface area contributed by atoms with Gasteiger partial charge in [0.2, 0.25) is 0 Å². The monoisotopic (exact) mass is 290 g/mol. The molecule has 100 valence electrons. The Labute approximate surface area is 109 Å². The summed E-state index contributed by atoms with van der Waals surface area (Å²) in [7, 11) is -3.60. The number of carbonyl (C=O) groups is 1. The zero-order chi connectivity index (χ0) is 13.3. The Bertz CT molecular complexity index is 594. The number of piperidine rings is 1. The third-order valence-corrected chi connectivity index (χ3v) is 6.53. The number of aromatic amines is 1. The second-order valence-electron chi connectivity index (χ2n) is 4.30. The third kappa shape index (κ3) is 2.40. The van der Waals surface area contributed by atoms with Gasteiger partial charge in [0.15, 0.2) is 4.21 Å². The van der Waals surface area contributed by atoms with E-state index < -0.39 is 10.0 Å². The van der Waals surface area contributed by atoms with Crippen LogP contribution >= 0.6 is 11.3 Å². The van der Waals surface area contributed by atoms with Gasteiger partial charge in [0, 0.05) is 24.7 Å². The van der Waals surface area contributed by atoms with Gasteiger partial charge in [-0.25, -0.2) is 8.42 Å². The lowest BCUT2D eigenvalue weighted by atomic mass is 10.0. The lowest BCUT2D eigenvalue weighted by molar-refractivity contribution is -0.112. The van der Waals surface area contributed by atoms with E-state index in [2.05, 4.69) is 4.98 Å². The molecule has 1 aromatic rings. The molecule has 1 aliphatic heterocycles. The molecule has 1 saturated heterocycles. The van der Waals surface area contributed by atoms with Gasteiger partial charge in [-0.1, -0.05) is 11.3 Å². The van der Waals surface area contributed by atoms with Crippen LogP contribution in [-0.4, -0.2) is 37.1 Å². The van der Waals surface area contributed by atoms with Gasteiger partial charge in [0.05, 0.1) is 0 Å². The van der Waals surface area contributed by atoms with Gasteiger partial charge in [-0.3, -0.25) is 4.79 Å². The predicted molar refractivity (Wildman–Crippen MR) is 67.2 cm³/mol. The maximum Gasteiger partial charge on any atom is 0.305 e. The molecule has 1 aliphatic rings. The number of aldehydes is 1. The number of nitrogens with one attached hydrogen (secondary N) is 1. The standard InChI is InChI=1S/C10H14N2O4S2/c1-7-9(17-10(14)11-7)18(15,16)12-4-2-8(6-13)3-5-12/h6,8H,2-5H2,1H3,(H,11,14).